The third-order valence-electron chi connectivity index (χ3n) is 2.40. The summed E-state index contributed by atoms with van der Waals surface area (Å²) < 4.78 is 3.04. The largest absolute Gasteiger partial charge is 0.328 e. The lowest BCUT2D eigenvalue weighted by Crippen LogP contribution is -2.19. The number of nitrogens with two attached hydrogens (primary N) is 1. The van der Waals surface area contributed by atoms with Crippen LogP contribution in [-0.2, 0) is 6.42 Å². The van der Waals surface area contributed by atoms with E-state index in [9.17, 15) is 0 Å². The number of rotatable bonds is 2. The van der Waals surface area contributed by atoms with Crippen LogP contribution in [0, 0.1) is 6.92 Å². The molecular weight excluding hydrogens is 254 g/mol. The Kier molecular flexibility index (Phi) is 2.80. The van der Waals surface area contributed by atoms with Gasteiger partial charge < -0.3 is 5.73 Å². The molecule has 2 heterocycles. The van der Waals surface area contributed by atoms with Gasteiger partial charge in [0.1, 0.15) is 10.4 Å². The average Bonchev–Trinajstić information content (AvgIpc) is 2.43. The first kappa shape index (κ1) is 10.6. The molecule has 0 aliphatic carbocycles. The van der Waals surface area contributed by atoms with Gasteiger partial charge in [0.25, 0.3) is 0 Å². The van der Waals surface area contributed by atoms with Crippen molar-refractivity contribution in [2.45, 2.75) is 26.3 Å². The predicted octanol–water partition coefficient (Wildman–Crippen LogP) is 2.29. The molecule has 1 unspecified atom stereocenters. The van der Waals surface area contributed by atoms with Gasteiger partial charge in [-0.25, -0.2) is 4.98 Å². The van der Waals surface area contributed by atoms with Crippen molar-refractivity contribution in [1.82, 2.24) is 9.38 Å². The second kappa shape index (κ2) is 3.94. The van der Waals surface area contributed by atoms with E-state index in [2.05, 4.69) is 37.4 Å². The maximum atomic E-state index is 5.83. The minimum absolute atomic E-state index is 0.163. The Bertz CT molecular complexity index is 488. The van der Waals surface area contributed by atoms with Crippen molar-refractivity contribution < 1.29 is 0 Å². The number of fused-ring (bicyclic) bond motifs is 1. The Balaban J connectivity index is 2.64. The highest BCUT2D eigenvalue weighted by atomic mass is 79.9. The third-order valence-corrected chi connectivity index (χ3v) is 2.98. The molecule has 0 aliphatic heterocycles. The topological polar surface area (TPSA) is 43.3 Å². The van der Waals surface area contributed by atoms with E-state index >= 15 is 0 Å². The second-order valence-electron chi connectivity index (χ2n) is 3.87. The van der Waals surface area contributed by atoms with Gasteiger partial charge in [0.2, 0.25) is 0 Å². The van der Waals surface area contributed by atoms with E-state index < -0.39 is 0 Å². The summed E-state index contributed by atoms with van der Waals surface area (Å²) in [5.41, 5.74) is 8.14. The van der Waals surface area contributed by atoms with Gasteiger partial charge in [0, 0.05) is 18.2 Å². The SMILES string of the molecule is Cc1nc(Br)c2cccc(CC(C)N)n12. The van der Waals surface area contributed by atoms with Crippen molar-refractivity contribution >= 4 is 21.4 Å². The van der Waals surface area contributed by atoms with Gasteiger partial charge in [-0.1, -0.05) is 6.07 Å². The molecule has 0 amide bonds. The fraction of sp³-hybridized carbons (Fsp3) is 0.364. The highest BCUT2D eigenvalue weighted by Crippen LogP contribution is 2.20. The summed E-state index contributed by atoms with van der Waals surface area (Å²) in [6.45, 7) is 4.02. The van der Waals surface area contributed by atoms with Crippen LogP contribution >= 0.6 is 15.9 Å². The van der Waals surface area contributed by atoms with Gasteiger partial charge >= 0.3 is 0 Å². The molecule has 2 aromatic rings. The summed E-state index contributed by atoms with van der Waals surface area (Å²) in [6, 6.07) is 6.35. The zero-order valence-electron chi connectivity index (χ0n) is 8.87. The van der Waals surface area contributed by atoms with E-state index in [4.69, 9.17) is 5.73 Å². The minimum Gasteiger partial charge on any atom is -0.328 e. The van der Waals surface area contributed by atoms with E-state index in [0.717, 1.165) is 22.4 Å². The van der Waals surface area contributed by atoms with E-state index in [0.29, 0.717) is 0 Å². The Hall–Kier alpha value is -0.870. The number of halogens is 1. The molecule has 0 bridgehead atoms. The van der Waals surface area contributed by atoms with Crippen LogP contribution in [-0.4, -0.2) is 15.4 Å². The Morgan fingerprint density at radius 1 is 1.53 bits per heavy atom. The lowest BCUT2D eigenvalue weighted by atomic mass is 10.1. The van der Waals surface area contributed by atoms with Crippen molar-refractivity contribution in [3.8, 4) is 0 Å². The molecule has 0 saturated carbocycles. The molecule has 3 nitrogen and oxygen atoms in total. The summed E-state index contributed by atoms with van der Waals surface area (Å²) in [7, 11) is 0. The summed E-state index contributed by atoms with van der Waals surface area (Å²) in [6.07, 6.45) is 0.862. The smallest absolute Gasteiger partial charge is 0.132 e. The zero-order chi connectivity index (χ0) is 11.0. The van der Waals surface area contributed by atoms with Gasteiger partial charge in [-0.15, -0.1) is 0 Å². The summed E-state index contributed by atoms with van der Waals surface area (Å²) in [4.78, 5) is 4.40. The van der Waals surface area contributed by atoms with Crippen molar-refractivity contribution in [1.29, 1.82) is 0 Å². The van der Waals surface area contributed by atoms with Gasteiger partial charge in [-0.05, 0) is 41.9 Å². The molecule has 2 N–H and O–H groups in total. The fourth-order valence-corrected chi connectivity index (χ4v) is 2.40. The number of aromatic nitrogens is 2. The fourth-order valence-electron chi connectivity index (χ4n) is 1.84. The quantitative estimate of drug-likeness (QED) is 0.908. The van der Waals surface area contributed by atoms with Crippen LogP contribution in [0.1, 0.15) is 18.4 Å². The van der Waals surface area contributed by atoms with E-state index in [-0.39, 0.29) is 6.04 Å². The second-order valence-corrected chi connectivity index (χ2v) is 4.62. The van der Waals surface area contributed by atoms with Crippen molar-refractivity contribution in [2.75, 3.05) is 0 Å². The van der Waals surface area contributed by atoms with Crippen molar-refractivity contribution in [2.24, 2.45) is 5.73 Å². The number of hydrogen-bond acceptors (Lipinski definition) is 2. The summed E-state index contributed by atoms with van der Waals surface area (Å²) in [5, 5.41) is 0. The molecule has 0 radical (unpaired) electrons. The number of hydrogen-bond donors (Lipinski definition) is 1. The van der Waals surface area contributed by atoms with E-state index in [1.54, 1.807) is 0 Å². The Morgan fingerprint density at radius 2 is 2.27 bits per heavy atom. The molecule has 0 saturated heterocycles. The number of nitrogens with zero attached hydrogens (tertiary/aromatic N) is 2. The summed E-state index contributed by atoms with van der Waals surface area (Å²) in [5.74, 6) is 0.994. The predicted molar refractivity (Wildman–Crippen MR) is 65.0 cm³/mol. The van der Waals surface area contributed by atoms with Crippen LogP contribution in [0.2, 0.25) is 0 Å². The molecule has 1 atom stereocenters. The minimum atomic E-state index is 0.163. The van der Waals surface area contributed by atoms with Gasteiger partial charge in [0.05, 0.1) is 5.52 Å². The van der Waals surface area contributed by atoms with Crippen LogP contribution in [0.5, 0.6) is 0 Å². The summed E-state index contributed by atoms with van der Waals surface area (Å²) >= 11 is 3.45. The van der Waals surface area contributed by atoms with Crippen molar-refractivity contribution in [3.05, 3.63) is 34.3 Å². The molecule has 2 aromatic heterocycles. The maximum absolute atomic E-state index is 5.83. The molecule has 0 aliphatic rings. The standard InChI is InChI=1S/C11H14BrN3/c1-7(13)6-9-4-3-5-10-11(12)14-8(2)15(9)10/h3-5,7H,6,13H2,1-2H3. The first-order valence-electron chi connectivity index (χ1n) is 4.97. The Morgan fingerprint density at radius 3 is 2.93 bits per heavy atom. The molecule has 4 heteroatoms. The normalized spacial score (nSPS) is 13.3. The van der Waals surface area contributed by atoms with Crippen LogP contribution in [0.4, 0.5) is 0 Å². The van der Waals surface area contributed by atoms with Gasteiger partial charge in [0.15, 0.2) is 0 Å². The third kappa shape index (κ3) is 1.92. The van der Waals surface area contributed by atoms with Gasteiger partial charge in [-0.2, -0.15) is 0 Å². The number of imidazole rings is 1. The molecule has 15 heavy (non-hydrogen) atoms. The molecule has 0 spiro atoms. The number of aryl methyl sites for hydroxylation is 1. The lowest BCUT2D eigenvalue weighted by molar-refractivity contribution is 0.710. The highest BCUT2D eigenvalue weighted by Gasteiger charge is 2.09. The van der Waals surface area contributed by atoms with Crippen LogP contribution in [0.3, 0.4) is 0 Å². The highest BCUT2D eigenvalue weighted by molar-refractivity contribution is 9.10. The first-order valence-corrected chi connectivity index (χ1v) is 5.77. The van der Waals surface area contributed by atoms with Crippen LogP contribution in [0.15, 0.2) is 22.8 Å². The average molecular weight is 268 g/mol. The zero-order valence-corrected chi connectivity index (χ0v) is 10.5. The Labute approximate surface area is 97.4 Å². The molecular formula is C11H14BrN3. The van der Waals surface area contributed by atoms with Crippen LogP contribution < -0.4 is 5.73 Å². The molecule has 0 aromatic carbocycles. The van der Waals surface area contributed by atoms with Crippen LogP contribution in [0.25, 0.3) is 5.52 Å². The first-order chi connectivity index (χ1) is 7.09. The molecule has 2 rings (SSSR count). The van der Waals surface area contributed by atoms with E-state index in [1.165, 1.54) is 5.69 Å². The molecule has 0 fully saturated rings. The molecule has 80 valence electrons. The van der Waals surface area contributed by atoms with Gasteiger partial charge in [-0.3, -0.25) is 4.40 Å². The van der Waals surface area contributed by atoms with E-state index in [1.807, 2.05) is 19.9 Å². The number of pyridine rings is 1. The van der Waals surface area contributed by atoms with Crippen molar-refractivity contribution in [3.63, 3.8) is 0 Å². The monoisotopic (exact) mass is 267 g/mol. The lowest BCUT2D eigenvalue weighted by Gasteiger charge is -2.09. The maximum Gasteiger partial charge on any atom is 0.132 e.